The number of benzene rings is 2. The van der Waals surface area contributed by atoms with Crippen LogP contribution in [0.25, 0.3) is 0 Å². The number of rotatable bonds is 13. The van der Waals surface area contributed by atoms with Crippen molar-refractivity contribution in [3.05, 3.63) is 99.3 Å². The number of hydrogen-bond acceptors (Lipinski definition) is 4. The van der Waals surface area contributed by atoms with E-state index in [1.807, 2.05) is 6.07 Å². The van der Waals surface area contributed by atoms with Crippen LogP contribution in [-0.4, -0.2) is 39.4 Å². The lowest BCUT2D eigenvalue weighted by atomic mass is 9.81. The number of fused-ring (bicyclic) bond motifs is 2. The Morgan fingerprint density at radius 2 is 1.74 bits per heavy atom. The van der Waals surface area contributed by atoms with Crippen LogP contribution in [0.5, 0.6) is 0 Å². The van der Waals surface area contributed by atoms with Crippen LogP contribution >= 0.6 is 0 Å². The maximum Gasteiger partial charge on any atom is 0.303 e. The quantitative estimate of drug-likeness (QED) is 0.0838. The van der Waals surface area contributed by atoms with E-state index in [-0.39, 0.29) is 27.9 Å². The van der Waals surface area contributed by atoms with Crippen molar-refractivity contribution in [2.75, 3.05) is 18.0 Å². The van der Waals surface area contributed by atoms with Crippen LogP contribution in [0.1, 0.15) is 89.8 Å². The second-order valence-corrected chi connectivity index (χ2v) is 12.8. The van der Waals surface area contributed by atoms with E-state index in [0.717, 1.165) is 55.7 Å². The van der Waals surface area contributed by atoms with Crippen molar-refractivity contribution in [1.82, 2.24) is 0 Å². The second-order valence-electron chi connectivity index (χ2n) is 12.8. The van der Waals surface area contributed by atoms with Crippen molar-refractivity contribution in [1.29, 1.82) is 0 Å². The van der Waals surface area contributed by atoms with Crippen LogP contribution in [-0.2, 0) is 15.6 Å². The van der Waals surface area contributed by atoms with Gasteiger partial charge in [0.2, 0.25) is 5.69 Å². The van der Waals surface area contributed by atoms with E-state index in [4.69, 9.17) is 5.11 Å². The molecule has 2 aromatic carbocycles. The summed E-state index contributed by atoms with van der Waals surface area (Å²) in [5.74, 6) is -0.736. The molecule has 7 nitrogen and oxygen atoms in total. The molecule has 0 aliphatic carbocycles. The molecule has 0 fully saturated rings. The number of nitro groups is 1. The lowest BCUT2D eigenvalue weighted by Gasteiger charge is -2.26. The summed E-state index contributed by atoms with van der Waals surface area (Å²) in [5, 5.41) is 20.5. The van der Waals surface area contributed by atoms with Gasteiger partial charge in [0.15, 0.2) is 5.71 Å². The number of nitrogens with zero attached hydrogens (tertiary/aromatic N) is 3. The van der Waals surface area contributed by atoms with Crippen molar-refractivity contribution >= 4 is 28.7 Å². The highest BCUT2D eigenvalue weighted by Gasteiger charge is 2.44. The average molecular weight is 585 g/mol. The second kappa shape index (κ2) is 13.1. The van der Waals surface area contributed by atoms with E-state index in [0.29, 0.717) is 6.42 Å². The Kier molecular flexibility index (Phi) is 9.73. The SMILES string of the molecule is CCCCN1C(=CC=CC=CC2=[N+](CCCCCC(=O)O)c3ccc(C)cc3C2(C)C)C(C)(C)c2cc([N+](=O)[O-])ccc21. The minimum Gasteiger partial charge on any atom is -0.481 e. The predicted molar refractivity (Wildman–Crippen MR) is 175 cm³/mol. The van der Waals surface area contributed by atoms with E-state index in [1.165, 1.54) is 22.5 Å². The molecule has 0 saturated carbocycles. The predicted octanol–water partition coefficient (Wildman–Crippen LogP) is 8.52. The van der Waals surface area contributed by atoms with Gasteiger partial charge < -0.3 is 10.0 Å². The third kappa shape index (κ3) is 6.66. The third-order valence-electron chi connectivity index (χ3n) is 8.87. The number of carboxylic acids is 1. The Morgan fingerprint density at radius 3 is 2.44 bits per heavy atom. The summed E-state index contributed by atoms with van der Waals surface area (Å²) in [5.41, 5.74) is 7.80. The van der Waals surface area contributed by atoms with Crippen molar-refractivity contribution in [2.45, 2.75) is 90.9 Å². The van der Waals surface area contributed by atoms with Crippen molar-refractivity contribution in [3.63, 3.8) is 0 Å². The highest BCUT2D eigenvalue weighted by molar-refractivity contribution is 6.03. The highest BCUT2D eigenvalue weighted by atomic mass is 16.6. The van der Waals surface area contributed by atoms with Crippen molar-refractivity contribution in [2.24, 2.45) is 0 Å². The molecule has 0 saturated heterocycles. The van der Waals surface area contributed by atoms with Gasteiger partial charge >= 0.3 is 5.97 Å². The number of non-ortho nitro benzene ring substituents is 1. The standard InChI is InChI=1S/C36H45N3O4/c1-7-8-22-37-31-21-19-27(39(42)43)25-29(31)36(5,6)33(37)16-12-9-11-15-32-35(3,4)28-24-26(2)18-20-30(28)38(32)23-14-10-13-17-34(40)41/h9,11-12,15-16,18-21,24-25H,7-8,10,13-14,17,22-23H2,1-6H3/p+1. The third-order valence-corrected chi connectivity index (χ3v) is 8.87. The average Bonchev–Trinajstić information content (AvgIpc) is 3.29. The summed E-state index contributed by atoms with van der Waals surface area (Å²) >= 11 is 0. The summed E-state index contributed by atoms with van der Waals surface area (Å²) in [6.45, 7) is 14.8. The normalized spacial score (nSPS) is 17.8. The van der Waals surface area contributed by atoms with Gasteiger partial charge in [-0.2, -0.15) is 4.58 Å². The van der Waals surface area contributed by atoms with Gasteiger partial charge in [0.05, 0.1) is 10.3 Å². The van der Waals surface area contributed by atoms with Crippen LogP contribution < -0.4 is 4.90 Å². The molecule has 2 aliphatic rings. The highest BCUT2D eigenvalue weighted by Crippen LogP contribution is 2.49. The van der Waals surface area contributed by atoms with Crippen LogP contribution in [0.15, 0.2) is 72.5 Å². The first-order valence-corrected chi connectivity index (χ1v) is 15.5. The number of aryl methyl sites for hydroxylation is 1. The first-order chi connectivity index (χ1) is 20.4. The topological polar surface area (TPSA) is 86.7 Å². The maximum absolute atomic E-state index is 11.5. The summed E-state index contributed by atoms with van der Waals surface area (Å²) < 4.78 is 2.40. The molecular formula is C36H46N3O4+. The van der Waals surface area contributed by atoms with Crippen LogP contribution in [0.4, 0.5) is 17.1 Å². The van der Waals surface area contributed by atoms with Gasteiger partial charge in [0.1, 0.15) is 6.54 Å². The molecule has 2 aromatic rings. The molecular weight excluding hydrogens is 538 g/mol. The molecule has 0 bridgehead atoms. The fraction of sp³-hybridized carbons (Fsp3) is 0.444. The van der Waals surface area contributed by atoms with E-state index in [1.54, 1.807) is 12.1 Å². The van der Waals surface area contributed by atoms with E-state index < -0.39 is 5.97 Å². The minimum atomic E-state index is -0.736. The molecule has 0 amide bonds. The Hall–Kier alpha value is -4.00. The van der Waals surface area contributed by atoms with Crippen molar-refractivity contribution in [3.8, 4) is 0 Å². The number of hydrogen-bond donors (Lipinski definition) is 1. The molecule has 2 aliphatic heterocycles. The van der Waals surface area contributed by atoms with Gasteiger partial charge in [0, 0.05) is 66.0 Å². The lowest BCUT2D eigenvalue weighted by molar-refractivity contribution is -0.438. The van der Waals surface area contributed by atoms with Gasteiger partial charge in [-0.15, -0.1) is 0 Å². The number of aliphatic carboxylic acids is 1. The zero-order valence-corrected chi connectivity index (χ0v) is 26.5. The summed E-state index contributed by atoms with van der Waals surface area (Å²) in [7, 11) is 0. The number of unbranched alkanes of at least 4 members (excludes halogenated alkanes) is 3. The number of allylic oxidation sites excluding steroid dienone is 6. The fourth-order valence-corrected chi connectivity index (χ4v) is 6.44. The van der Waals surface area contributed by atoms with Gasteiger partial charge in [-0.25, -0.2) is 0 Å². The molecule has 0 spiro atoms. The number of carbonyl (C=O) groups is 1. The van der Waals surface area contributed by atoms with Crippen LogP contribution in [0.3, 0.4) is 0 Å². The molecule has 43 heavy (non-hydrogen) atoms. The largest absolute Gasteiger partial charge is 0.481 e. The monoisotopic (exact) mass is 584 g/mol. The van der Waals surface area contributed by atoms with Gasteiger partial charge in [-0.05, 0) is 63.8 Å². The zero-order chi connectivity index (χ0) is 31.4. The summed E-state index contributed by atoms with van der Waals surface area (Å²) in [6, 6.07) is 11.9. The molecule has 0 unspecified atom stereocenters. The van der Waals surface area contributed by atoms with Crippen molar-refractivity contribution < 1.29 is 19.4 Å². The lowest BCUT2D eigenvalue weighted by Crippen LogP contribution is -2.28. The van der Waals surface area contributed by atoms with Crippen LogP contribution in [0.2, 0.25) is 0 Å². The molecule has 7 heteroatoms. The van der Waals surface area contributed by atoms with E-state index >= 15 is 0 Å². The minimum absolute atomic E-state index is 0.126. The first kappa shape index (κ1) is 31.9. The molecule has 0 aromatic heterocycles. The molecule has 0 radical (unpaired) electrons. The van der Waals surface area contributed by atoms with E-state index in [2.05, 4.69) is 99.6 Å². The molecule has 4 rings (SSSR count). The number of anilines is 1. The Morgan fingerprint density at radius 1 is 0.977 bits per heavy atom. The number of carboxylic acid groups (broad SMARTS) is 1. The summed E-state index contributed by atoms with van der Waals surface area (Å²) in [6.07, 6.45) is 15.4. The van der Waals surface area contributed by atoms with Gasteiger partial charge in [0.25, 0.3) is 5.69 Å². The molecule has 2 heterocycles. The smallest absolute Gasteiger partial charge is 0.303 e. The Labute approximate surface area is 256 Å². The summed E-state index contributed by atoms with van der Waals surface area (Å²) in [4.78, 5) is 24.4. The molecule has 1 N–H and O–H groups in total. The maximum atomic E-state index is 11.5. The first-order valence-electron chi connectivity index (χ1n) is 15.5. The molecule has 0 atom stereocenters. The zero-order valence-electron chi connectivity index (χ0n) is 26.5. The van der Waals surface area contributed by atoms with Crippen LogP contribution in [0, 0.1) is 17.0 Å². The molecule has 228 valence electrons. The number of nitro benzene ring substituents is 1. The fourth-order valence-electron chi connectivity index (χ4n) is 6.44. The van der Waals surface area contributed by atoms with Gasteiger partial charge in [-0.1, -0.05) is 57.0 Å². The van der Waals surface area contributed by atoms with Gasteiger partial charge in [-0.3, -0.25) is 14.9 Å². The van der Waals surface area contributed by atoms with E-state index in [9.17, 15) is 14.9 Å². The Balaban J connectivity index is 1.61. The Bertz CT molecular complexity index is 1510.